The van der Waals surface area contributed by atoms with Crippen molar-refractivity contribution >= 4 is 11.6 Å². The number of carbonyl (C=O) groups excluding carboxylic acids is 1. The van der Waals surface area contributed by atoms with Crippen molar-refractivity contribution in [1.82, 2.24) is 5.32 Å². The van der Waals surface area contributed by atoms with E-state index in [0.717, 1.165) is 11.1 Å². The number of amides is 1. The molecule has 3 N–H and O–H groups in total. The van der Waals surface area contributed by atoms with E-state index in [1.807, 2.05) is 49.4 Å². The largest absolute Gasteiger partial charge is 0.399 e. The van der Waals surface area contributed by atoms with Crippen molar-refractivity contribution in [1.29, 1.82) is 0 Å². The minimum atomic E-state index is 0.0116. The fraction of sp³-hybridized carbons (Fsp3) is 0.235. The van der Waals surface area contributed by atoms with Crippen molar-refractivity contribution in [3.8, 4) is 0 Å². The fourth-order valence-corrected chi connectivity index (χ4v) is 2.26. The minimum Gasteiger partial charge on any atom is -0.399 e. The fourth-order valence-electron chi connectivity index (χ4n) is 2.26. The maximum absolute atomic E-state index is 12.1. The lowest BCUT2D eigenvalue weighted by atomic mass is 10.0. The van der Waals surface area contributed by atoms with Gasteiger partial charge < -0.3 is 11.1 Å². The maximum atomic E-state index is 12.1. The number of carbonyl (C=O) groups is 1. The quantitative estimate of drug-likeness (QED) is 0.837. The number of rotatable bonds is 4. The van der Waals surface area contributed by atoms with Crippen molar-refractivity contribution in [2.75, 3.05) is 5.73 Å². The van der Waals surface area contributed by atoms with E-state index in [2.05, 4.69) is 18.3 Å². The van der Waals surface area contributed by atoms with Gasteiger partial charge in [0.15, 0.2) is 0 Å². The summed E-state index contributed by atoms with van der Waals surface area (Å²) in [6, 6.07) is 15.5. The minimum absolute atomic E-state index is 0.0116. The zero-order chi connectivity index (χ0) is 14.5. The molecule has 2 rings (SSSR count). The Bertz CT molecular complexity index is 590. The molecule has 1 unspecified atom stereocenters. The van der Waals surface area contributed by atoms with Crippen LogP contribution in [0.25, 0.3) is 0 Å². The molecular weight excluding hydrogens is 248 g/mol. The second-order valence-corrected chi connectivity index (χ2v) is 5.06. The molecular formula is C17H20N2O. The van der Waals surface area contributed by atoms with E-state index < -0.39 is 0 Å². The molecule has 0 spiro atoms. The second-order valence-electron chi connectivity index (χ2n) is 5.06. The lowest BCUT2D eigenvalue weighted by Gasteiger charge is -2.16. The molecule has 0 fully saturated rings. The van der Waals surface area contributed by atoms with Crippen LogP contribution in [0.3, 0.4) is 0 Å². The Balaban J connectivity index is 1.98. The summed E-state index contributed by atoms with van der Waals surface area (Å²) in [6.07, 6.45) is 0.372. The molecule has 0 saturated carbocycles. The van der Waals surface area contributed by atoms with Crippen LogP contribution >= 0.6 is 0 Å². The molecule has 0 radical (unpaired) electrons. The van der Waals surface area contributed by atoms with Crippen LogP contribution in [0.4, 0.5) is 5.69 Å². The molecule has 0 saturated heterocycles. The summed E-state index contributed by atoms with van der Waals surface area (Å²) in [5, 5.41) is 3.03. The normalized spacial score (nSPS) is 11.9. The van der Waals surface area contributed by atoms with Crippen LogP contribution < -0.4 is 11.1 Å². The highest BCUT2D eigenvalue weighted by atomic mass is 16.1. The van der Waals surface area contributed by atoms with E-state index in [1.165, 1.54) is 5.56 Å². The SMILES string of the molecule is Cc1ccccc1C(C)NC(=O)Cc1ccc(N)cc1. The Kier molecular flexibility index (Phi) is 4.41. The van der Waals surface area contributed by atoms with Crippen LogP contribution in [0.2, 0.25) is 0 Å². The van der Waals surface area contributed by atoms with Crippen molar-refractivity contribution in [2.45, 2.75) is 26.3 Å². The molecule has 0 aromatic heterocycles. The molecule has 20 heavy (non-hydrogen) atoms. The molecule has 1 atom stereocenters. The van der Waals surface area contributed by atoms with E-state index in [9.17, 15) is 4.79 Å². The van der Waals surface area contributed by atoms with Gasteiger partial charge in [0.2, 0.25) is 5.91 Å². The summed E-state index contributed by atoms with van der Waals surface area (Å²) in [4.78, 5) is 12.1. The summed E-state index contributed by atoms with van der Waals surface area (Å²) < 4.78 is 0. The third-order valence-corrected chi connectivity index (χ3v) is 3.38. The van der Waals surface area contributed by atoms with Gasteiger partial charge in [-0.25, -0.2) is 0 Å². The van der Waals surface area contributed by atoms with Crippen LogP contribution in [0, 0.1) is 6.92 Å². The molecule has 1 amide bonds. The van der Waals surface area contributed by atoms with Crippen LogP contribution in [-0.4, -0.2) is 5.91 Å². The van der Waals surface area contributed by atoms with Crippen molar-refractivity contribution in [3.63, 3.8) is 0 Å². The van der Waals surface area contributed by atoms with Gasteiger partial charge in [-0.3, -0.25) is 4.79 Å². The second kappa shape index (κ2) is 6.24. The van der Waals surface area contributed by atoms with Gasteiger partial charge in [-0.1, -0.05) is 36.4 Å². The van der Waals surface area contributed by atoms with E-state index in [1.54, 1.807) is 0 Å². The third kappa shape index (κ3) is 3.60. The third-order valence-electron chi connectivity index (χ3n) is 3.38. The smallest absolute Gasteiger partial charge is 0.224 e. The van der Waals surface area contributed by atoms with Crippen LogP contribution in [-0.2, 0) is 11.2 Å². The number of hydrogen-bond donors (Lipinski definition) is 2. The zero-order valence-corrected chi connectivity index (χ0v) is 11.9. The standard InChI is InChI=1S/C17H20N2O/c1-12-5-3-4-6-16(12)13(2)19-17(20)11-14-7-9-15(18)10-8-14/h3-10,13H,11,18H2,1-2H3,(H,19,20). The lowest BCUT2D eigenvalue weighted by molar-refractivity contribution is -0.121. The van der Waals surface area contributed by atoms with Crippen molar-refractivity contribution in [2.24, 2.45) is 0 Å². The molecule has 0 aliphatic heterocycles. The van der Waals surface area contributed by atoms with Gasteiger partial charge in [0.25, 0.3) is 0 Å². The molecule has 0 heterocycles. The lowest BCUT2D eigenvalue weighted by Crippen LogP contribution is -2.28. The Labute approximate surface area is 119 Å². The van der Waals surface area contributed by atoms with Gasteiger partial charge in [-0.2, -0.15) is 0 Å². The molecule has 0 bridgehead atoms. The van der Waals surface area contributed by atoms with E-state index in [0.29, 0.717) is 12.1 Å². The highest BCUT2D eigenvalue weighted by molar-refractivity contribution is 5.79. The molecule has 2 aromatic rings. The number of nitrogens with one attached hydrogen (secondary N) is 1. The number of nitrogen functional groups attached to an aromatic ring is 1. The van der Waals surface area contributed by atoms with E-state index >= 15 is 0 Å². The van der Waals surface area contributed by atoms with Crippen LogP contribution in [0.5, 0.6) is 0 Å². The topological polar surface area (TPSA) is 55.1 Å². The number of aryl methyl sites for hydroxylation is 1. The van der Waals surface area contributed by atoms with Gasteiger partial charge >= 0.3 is 0 Å². The highest BCUT2D eigenvalue weighted by Crippen LogP contribution is 2.16. The molecule has 0 aliphatic rings. The average molecular weight is 268 g/mol. The predicted octanol–water partition coefficient (Wildman–Crippen LogP) is 3.00. The molecule has 104 valence electrons. The Morgan fingerprint density at radius 3 is 2.45 bits per heavy atom. The molecule has 3 nitrogen and oxygen atoms in total. The molecule has 0 aliphatic carbocycles. The molecule has 3 heteroatoms. The van der Waals surface area contributed by atoms with E-state index in [-0.39, 0.29) is 11.9 Å². The van der Waals surface area contributed by atoms with E-state index in [4.69, 9.17) is 5.73 Å². The van der Waals surface area contributed by atoms with Crippen LogP contribution in [0.1, 0.15) is 29.7 Å². The van der Waals surface area contributed by atoms with Crippen LogP contribution in [0.15, 0.2) is 48.5 Å². The zero-order valence-electron chi connectivity index (χ0n) is 11.9. The van der Waals surface area contributed by atoms with Crippen molar-refractivity contribution in [3.05, 3.63) is 65.2 Å². The number of nitrogens with two attached hydrogens (primary N) is 1. The Morgan fingerprint density at radius 1 is 1.15 bits per heavy atom. The first-order chi connectivity index (χ1) is 9.56. The van der Waals surface area contributed by atoms with Gasteiger partial charge in [0, 0.05) is 5.69 Å². The molecule has 2 aromatic carbocycles. The highest BCUT2D eigenvalue weighted by Gasteiger charge is 2.11. The first-order valence-electron chi connectivity index (χ1n) is 6.75. The number of benzene rings is 2. The summed E-state index contributed by atoms with van der Waals surface area (Å²) >= 11 is 0. The summed E-state index contributed by atoms with van der Waals surface area (Å²) in [5.74, 6) is 0.0190. The Hall–Kier alpha value is -2.29. The van der Waals surface area contributed by atoms with Gasteiger partial charge in [-0.05, 0) is 42.7 Å². The van der Waals surface area contributed by atoms with Gasteiger partial charge in [-0.15, -0.1) is 0 Å². The maximum Gasteiger partial charge on any atom is 0.224 e. The summed E-state index contributed by atoms with van der Waals surface area (Å²) in [6.45, 7) is 4.06. The summed E-state index contributed by atoms with van der Waals surface area (Å²) in [5.41, 5.74) is 9.65. The first-order valence-corrected chi connectivity index (χ1v) is 6.75. The average Bonchev–Trinajstić information content (AvgIpc) is 2.41. The predicted molar refractivity (Wildman–Crippen MR) is 82.3 cm³/mol. The van der Waals surface area contributed by atoms with Gasteiger partial charge in [0.1, 0.15) is 0 Å². The number of hydrogen-bond acceptors (Lipinski definition) is 2. The first kappa shape index (κ1) is 14.1. The van der Waals surface area contributed by atoms with Crippen molar-refractivity contribution < 1.29 is 4.79 Å². The van der Waals surface area contributed by atoms with Gasteiger partial charge in [0.05, 0.1) is 12.5 Å². The summed E-state index contributed by atoms with van der Waals surface area (Å²) in [7, 11) is 0. The Morgan fingerprint density at radius 2 is 1.80 bits per heavy atom. The number of anilines is 1. The monoisotopic (exact) mass is 268 g/mol.